The third-order valence-corrected chi connectivity index (χ3v) is 5.81. The molecule has 146 valence electrons. The van der Waals surface area contributed by atoms with Gasteiger partial charge in [0.2, 0.25) is 0 Å². The van der Waals surface area contributed by atoms with Crippen molar-refractivity contribution < 1.29 is 4.79 Å². The third kappa shape index (κ3) is 3.16. The van der Waals surface area contributed by atoms with Crippen LogP contribution in [0, 0.1) is 0 Å². The van der Waals surface area contributed by atoms with Crippen LogP contribution in [-0.2, 0) is 14.1 Å². The summed E-state index contributed by atoms with van der Waals surface area (Å²) in [5.74, 6) is -0.317. The zero-order valence-corrected chi connectivity index (χ0v) is 17.1. The molecule has 1 fully saturated rings. The molecule has 1 aliphatic heterocycles. The maximum atomic E-state index is 12.9. The highest BCUT2D eigenvalue weighted by molar-refractivity contribution is 6.37. The number of imidazole rings is 1. The highest BCUT2D eigenvalue weighted by Crippen LogP contribution is 2.34. The Balaban J connectivity index is 1.82. The van der Waals surface area contributed by atoms with E-state index in [1.807, 2.05) is 12.1 Å². The molecule has 28 heavy (non-hydrogen) atoms. The van der Waals surface area contributed by atoms with Crippen molar-refractivity contribution in [3.8, 4) is 0 Å². The number of halogens is 2. The van der Waals surface area contributed by atoms with Crippen LogP contribution >= 0.6 is 23.2 Å². The number of nitrogens with one attached hydrogen (secondary N) is 1. The Morgan fingerprint density at radius 1 is 1.00 bits per heavy atom. The maximum absolute atomic E-state index is 12.9. The summed E-state index contributed by atoms with van der Waals surface area (Å²) in [4.78, 5) is 27.5. The summed E-state index contributed by atoms with van der Waals surface area (Å²) in [5, 5.41) is 3.74. The van der Waals surface area contributed by atoms with Crippen molar-refractivity contribution in [2.45, 2.75) is 12.8 Å². The predicted octanol–water partition coefficient (Wildman–Crippen LogP) is 4.04. The van der Waals surface area contributed by atoms with Crippen molar-refractivity contribution in [2.24, 2.45) is 14.1 Å². The molecular weight excluding hydrogens is 399 g/mol. The molecule has 8 heteroatoms. The number of anilines is 2. The van der Waals surface area contributed by atoms with E-state index in [0.29, 0.717) is 21.3 Å². The minimum Gasteiger partial charge on any atom is -0.370 e. The summed E-state index contributed by atoms with van der Waals surface area (Å²) in [6.07, 6.45) is 2.20. The molecule has 1 aliphatic rings. The second-order valence-electron chi connectivity index (χ2n) is 7.03. The molecule has 0 bridgehead atoms. The van der Waals surface area contributed by atoms with Gasteiger partial charge in [-0.05, 0) is 43.2 Å². The van der Waals surface area contributed by atoms with E-state index in [4.69, 9.17) is 23.2 Å². The smallest absolute Gasteiger partial charge is 0.328 e. The monoisotopic (exact) mass is 418 g/mol. The van der Waals surface area contributed by atoms with Gasteiger partial charge in [-0.15, -0.1) is 0 Å². The van der Waals surface area contributed by atoms with Crippen LogP contribution in [-0.4, -0.2) is 28.1 Å². The van der Waals surface area contributed by atoms with Crippen LogP contribution in [0.15, 0.2) is 35.1 Å². The van der Waals surface area contributed by atoms with Crippen LogP contribution < -0.4 is 15.9 Å². The van der Waals surface area contributed by atoms with Gasteiger partial charge in [0, 0.05) is 32.2 Å². The molecule has 4 rings (SSSR count). The Morgan fingerprint density at radius 2 is 1.64 bits per heavy atom. The lowest BCUT2D eigenvalue weighted by molar-refractivity contribution is 0.102. The summed E-state index contributed by atoms with van der Waals surface area (Å²) in [7, 11) is 3.48. The second-order valence-corrected chi connectivity index (χ2v) is 7.87. The lowest BCUT2D eigenvalue weighted by Gasteiger charge is -2.22. The van der Waals surface area contributed by atoms with Crippen LogP contribution in [0.3, 0.4) is 0 Å². The molecule has 2 heterocycles. The van der Waals surface area contributed by atoms with Crippen molar-refractivity contribution in [3.05, 3.63) is 56.4 Å². The fourth-order valence-electron chi connectivity index (χ4n) is 3.72. The van der Waals surface area contributed by atoms with Gasteiger partial charge in [0.15, 0.2) is 0 Å². The van der Waals surface area contributed by atoms with E-state index in [1.165, 1.54) is 0 Å². The fraction of sp³-hybridized carbons (Fsp3) is 0.300. The van der Waals surface area contributed by atoms with Crippen molar-refractivity contribution in [2.75, 3.05) is 23.3 Å². The summed E-state index contributed by atoms with van der Waals surface area (Å²) in [5.41, 5.74) is 3.40. The Labute approximate surface area is 172 Å². The van der Waals surface area contributed by atoms with E-state index in [0.717, 1.165) is 42.7 Å². The quantitative estimate of drug-likeness (QED) is 0.697. The van der Waals surface area contributed by atoms with Crippen LogP contribution in [0.2, 0.25) is 10.0 Å². The first-order valence-electron chi connectivity index (χ1n) is 9.07. The first-order chi connectivity index (χ1) is 13.4. The van der Waals surface area contributed by atoms with Gasteiger partial charge in [0.25, 0.3) is 5.91 Å². The molecule has 1 saturated heterocycles. The van der Waals surface area contributed by atoms with E-state index in [2.05, 4.69) is 10.2 Å². The molecule has 0 saturated carbocycles. The van der Waals surface area contributed by atoms with Gasteiger partial charge in [0.1, 0.15) is 0 Å². The molecular formula is C20H20Cl2N4O2. The predicted molar refractivity (Wildman–Crippen MR) is 114 cm³/mol. The number of amides is 1. The van der Waals surface area contributed by atoms with Gasteiger partial charge in [-0.2, -0.15) is 0 Å². The highest BCUT2D eigenvalue weighted by atomic mass is 35.5. The number of aryl methyl sites for hydroxylation is 2. The summed E-state index contributed by atoms with van der Waals surface area (Å²) < 4.78 is 3.20. The standard InChI is InChI=1S/C20H20Cl2N4O2/c1-24-17-10-15(23-19(27)13-6-5-12(21)9-14(13)22)16(26-7-3-4-8-26)11-18(17)25(2)20(24)28/h5-6,9-11H,3-4,7-8H2,1-2H3,(H,23,27). The number of hydrogen-bond acceptors (Lipinski definition) is 3. The number of rotatable bonds is 3. The number of carbonyl (C=O) groups is 1. The van der Waals surface area contributed by atoms with E-state index >= 15 is 0 Å². The largest absolute Gasteiger partial charge is 0.370 e. The van der Waals surface area contributed by atoms with Crippen LogP contribution in [0.5, 0.6) is 0 Å². The van der Waals surface area contributed by atoms with Gasteiger partial charge < -0.3 is 10.2 Å². The number of fused-ring (bicyclic) bond motifs is 1. The molecule has 0 unspecified atom stereocenters. The maximum Gasteiger partial charge on any atom is 0.328 e. The molecule has 0 atom stereocenters. The minimum absolute atomic E-state index is 0.105. The molecule has 1 aromatic heterocycles. The van der Waals surface area contributed by atoms with Gasteiger partial charge >= 0.3 is 5.69 Å². The number of nitrogens with zero attached hydrogens (tertiary/aromatic N) is 3. The van der Waals surface area contributed by atoms with Crippen LogP contribution in [0.1, 0.15) is 23.2 Å². The topological polar surface area (TPSA) is 59.3 Å². The summed E-state index contributed by atoms with van der Waals surface area (Å²) in [6.45, 7) is 1.83. The van der Waals surface area contributed by atoms with Gasteiger partial charge in [-0.25, -0.2) is 4.79 Å². The van der Waals surface area contributed by atoms with Gasteiger partial charge in [-0.3, -0.25) is 13.9 Å². The molecule has 0 aliphatic carbocycles. The van der Waals surface area contributed by atoms with Crippen molar-refractivity contribution >= 4 is 51.5 Å². The fourth-order valence-corrected chi connectivity index (χ4v) is 4.21. The molecule has 1 amide bonds. The van der Waals surface area contributed by atoms with E-state index in [-0.39, 0.29) is 11.6 Å². The first kappa shape index (κ1) is 18.9. The normalized spacial score (nSPS) is 14.1. The van der Waals surface area contributed by atoms with Crippen molar-refractivity contribution in [1.82, 2.24) is 9.13 Å². The van der Waals surface area contributed by atoms with Crippen molar-refractivity contribution in [3.63, 3.8) is 0 Å². The number of hydrogen-bond donors (Lipinski definition) is 1. The average Bonchev–Trinajstić information content (AvgIpc) is 3.26. The number of benzene rings is 2. The Kier molecular flexibility index (Phi) is 4.85. The zero-order chi connectivity index (χ0) is 20.0. The van der Waals surface area contributed by atoms with Crippen LogP contribution in [0.25, 0.3) is 11.0 Å². The number of carbonyl (C=O) groups excluding carboxylic acids is 1. The molecule has 6 nitrogen and oxygen atoms in total. The third-order valence-electron chi connectivity index (χ3n) is 5.26. The molecule has 0 radical (unpaired) electrons. The van der Waals surface area contributed by atoms with E-state index < -0.39 is 0 Å². The van der Waals surface area contributed by atoms with E-state index in [9.17, 15) is 9.59 Å². The SMILES string of the molecule is Cn1c(=O)n(C)c2cc(N3CCCC3)c(NC(=O)c3ccc(Cl)cc3Cl)cc21. The molecule has 1 N–H and O–H groups in total. The first-order valence-corrected chi connectivity index (χ1v) is 9.83. The zero-order valence-electron chi connectivity index (χ0n) is 15.6. The second kappa shape index (κ2) is 7.18. The molecule has 3 aromatic rings. The number of aromatic nitrogens is 2. The Morgan fingerprint density at radius 3 is 2.29 bits per heavy atom. The summed E-state index contributed by atoms with van der Waals surface area (Å²) in [6, 6.07) is 8.61. The Bertz CT molecular complexity index is 1140. The van der Waals surface area contributed by atoms with E-state index in [1.54, 1.807) is 41.4 Å². The summed E-state index contributed by atoms with van der Waals surface area (Å²) >= 11 is 12.1. The lowest BCUT2D eigenvalue weighted by Crippen LogP contribution is -2.21. The lowest BCUT2D eigenvalue weighted by atomic mass is 10.1. The Hall–Kier alpha value is -2.44. The average molecular weight is 419 g/mol. The van der Waals surface area contributed by atoms with Crippen molar-refractivity contribution in [1.29, 1.82) is 0 Å². The highest BCUT2D eigenvalue weighted by Gasteiger charge is 2.21. The molecule has 2 aromatic carbocycles. The molecule has 0 spiro atoms. The van der Waals surface area contributed by atoms with Crippen LogP contribution in [0.4, 0.5) is 11.4 Å². The minimum atomic E-state index is -0.317. The van der Waals surface area contributed by atoms with Gasteiger partial charge in [0.05, 0.1) is 33.0 Å². The van der Waals surface area contributed by atoms with Gasteiger partial charge in [-0.1, -0.05) is 23.2 Å².